The standard InChI is InChI=1S/C40H53N7O8/c1-3-53-35(48)13-16-43-14-9-30(10-15-43)44-20-22-45(23-21-44)37(49)34(26-28-24-27(2)36-33(25-28)54-39(51)42-36)55-40(52)46-17-11-31(12-18-46)47-19-8-29-6-4-5-7-32(29)41-38(47)50/h4-7,24-25,30-31,34H,3,8-23,26H2,1-2H3,(H,41,50)(H,42,51)/t34-/m1/s1. The van der Waals surface area contributed by atoms with Crippen molar-refractivity contribution < 1.29 is 33.1 Å². The number of fused-ring (bicyclic) bond motifs is 2. The molecule has 15 nitrogen and oxygen atoms in total. The summed E-state index contributed by atoms with van der Waals surface area (Å²) in [6, 6.07) is 11.7. The van der Waals surface area contributed by atoms with Crippen LogP contribution in [0.25, 0.3) is 11.1 Å². The van der Waals surface area contributed by atoms with Crippen LogP contribution in [0.15, 0.2) is 45.6 Å². The predicted octanol–water partition coefficient (Wildman–Crippen LogP) is 3.59. The molecule has 1 aromatic heterocycles. The smallest absolute Gasteiger partial charge is 0.417 e. The molecule has 0 unspecified atom stereocenters. The molecule has 296 valence electrons. The minimum Gasteiger partial charge on any atom is -0.466 e. The zero-order valence-corrected chi connectivity index (χ0v) is 31.9. The molecule has 5 heterocycles. The van der Waals surface area contributed by atoms with Gasteiger partial charge in [0.25, 0.3) is 5.91 Å². The van der Waals surface area contributed by atoms with Gasteiger partial charge in [0.2, 0.25) is 0 Å². The van der Waals surface area contributed by atoms with Crippen LogP contribution in [0.1, 0.15) is 55.7 Å². The van der Waals surface area contributed by atoms with E-state index in [9.17, 15) is 24.0 Å². The molecule has 2 N–H and O–H groups in total. The number of urea groups is 1. The number of piperazine rings is 1. The third-order valence-corrected chi connectivity index (χ3v) is 11.7. The molecule has 4 amide bonds. The van der Waals surface area contributed by atoms with E-state index in [1.165, 1.54) is 0 Å². The molecule has 0 bridgehead atoms. The van der Waals surface area contributed by atoms with Gasteiger partial charge in [-0.25, -0.2) is 14.4 Å². The first-order valence-electron chi connectivity index (χ1n) is 19.8. The van der Waals surface area contributed by atoms with Crippen LogP contribution in [0.4, 0.5) is 15.3 Å². The average Bonchev–Trinajstić information content (AvgIpc) is 3.49. The highest BCUT2D eigenvalue weighted by Crippen LogP contribution is 2.26. The number of aromatic amines is 1. The van der Waals surface area contributed by atoms with E-state index < -0.39 is 18.0 Å². The van der Waals surface area contributed by atoms with E-state index in [1.807, 2.05) is 49.1 Å². The Kier molecular flexibility index (Phi) is 12.1. The Hall–Kier alpha value is -4.89. The van der Waals surface area contributed by atoms with Gasteiger partial charge in [0.05, 0.1) is 18.5 Å². The van der Waals surface area contributed by atoms with Crippen LogP contribution in [0.3, 0.4) is 0 Å². The average molecular weight is 760 g/mol. The van der Waals surface area contributed by atoms with Crippen LogP contribution < -0.4 is 11.1 Å². The first-order chi connectivity index (χ1) is 26.6. The molecule has 0 radical (unpaired) electrons. The summed E-state index contributed by atoms with van der Waals surface area (Å²) in [5.74, 6) is -0.956. The number of piperidine rings is 2. The van der Waals surface area contributed by atoms with Gasteiger partial charge in [0.1, 0.15) is 0 Å². The number of esters is 1. The fourth-order valence-electron chi connectivity index (χ4n) is 8.60. The molecule has 4 aliphatic rings. The van der Waals surface area contributed by atoms with Crippen molar-refractivity contribution in [2.24, 2.45) is 0 Å². The van der Waals surface area contributed by atoms with Crippen LogP contribution >= 0.6 is 0 Å². The van der Waals surface area contributed by atoms with Gasteiger partial charge in [0, 0.05) is 76.5 Å². The van der Waals surface area contributed by atoms with Crippen molar-refractivity contribution in [3.63, 3.8) is 0 Å². The third kappa shape index (κ3) is 9.16. The topological polar surface area (TPSA) is 161 Å². The molecular weight excluding hydrogens is 706 g/mol. The number of ether oxygens (including phenoxy) is 2. The maximum Gasteiger partial charge on any atom is 0.417 e. The number of carbonyl (C=O) groups excluding carboxylic acids is 4. The number of carbonyl (C=O) groups is 4. The minimum atomic E-state index is -1.07. The number of benzene rings is 2. The van der Waals surface area contributed by atoms with E-state index in [0.717, 1.165) is 67.8 Å². The van der Waals surface area contributed by atoms with Crippen molar-refractivity contribution in [1.82, 2.24) is 29.5 Å². The van der Waals surface area contributed by atoms with Crippen molar-refractivity contribution in [2.45, 2.75) is 77.0 Å². The predicted molar refractivity (Wildman–Crippen MR) is 205 cm³/mol. The van der Waals surface area contributed by atoms with E-state index in [-0.39, 0.29) is 30.4 Å². The number of nitrogens with zero attached hydrogens (tertiary/aromatic N) is 5. The lowest BCUT2D eigenvalue weighted by Crippen LogP contribution is -2.56. The van der Waals surface area contributed by atoms with Crippen molar-refractivity contribution >= 4 is 40.8 Å². The molecule has 0 spiro atoms. The summed E-state index contributed by atoms with van der Waals surface area (Å²) in [6.45, 7) is 10.5. The molecule has 3 aromatic rings. The Morgan fingerprint density at radius 1 is 0.891 bits per heavy atom. The van der Waals surface area contributed by atoms with E-state index in [1.54, 1.807) is 15.9 Å². The van der Waals surface area contributed by atoms with E-state index in [2.05, 4.69) is 20.1 Å². The Balaban J connectivity index is 0.962. The quantitative estimate of drug-likeness (QED) is 0.293. The second-order valence-electron chi connectivity index (χ2n) is 15.1. The van der Waals surface area contributed by atoms with Crippen LogP contribution in [0.2, 0.25) is 0 Å². The van der Waals surface area contributed by atoms with Gasteiger partial charge in [0.15, 0.2) is 11.7 Å². The molecule has 1 atom stereocenters. The molecule has 3 saturated heterocycles. The molecule has 55 heavy (non-hydrogen) atoms. The van der Waals surface area contributed by atoms with E-state index >= 15 is 0 Å². The molecule has 7 rings (SSSR count). The van der Waals surface area contributed by atoms with Crippen LogP contribution in [0.5, 0.6) is 0 Å². The lowest BCUT2D eigenvalue weighted by Gasteiger charge is -2.43. The van der Waals surface area contributed by atoms with Gasteiger partial charge in [-0.05, 0) is 87.9 Å². The summed E-state index contributed by atoms with van der Waals surface area (Å²) in [6.07, 6.45) is 2.88. The first-order valence-corrected chi connectivity index (χ1v) is 19.8. The highest BCUT2D eigenvalue weighted by atomic mass is 16.6. The number of amides is 4. The number of hydrogen-bond acceptors (Lipinski definition) is 10. The number of para-hydroxylation sites is 1. The number of anilines is 1. The maximum atomic E-state index is 14.2. The monoisotopic (exact) mass is 759 g/mol. The van der Waals surface area contributed by atoms with Gasteiger partial charge in [-0.3, -0.25) is 19.5 Å². The van der Waals surface area contributed by atoms with Gasteiger partial charge in [-0.1, -0.05) is 24.3 Å². The SMILES string of the molecule is CCOC(=O)CCN1CCC(N2CCN(C(=O)[C@@H](Cc3cc(C)c4[nH]c(=O)oc4c3)OC(=O)N3CCC(N4CCc5ccccc5NC4=O)CC3)CC2)CC1. The lowest BCUT2D eigenvalue weighted by atomic mass is 10.0. The van der Waals surface area contributed by atoms with Gasteiger partial charge >= 0.3 is 23.8 Å². The summed E-state index contributed by atoms with van der Waals surface area (Å²) in [4.78, 5) is 77.7. The van der Waals surface area contributed by atoms with Crippen LogP contribution in [-0.2, 0) is 31.9 Å². The largest absolute Gasteiger partial charge is 0.466 e. The van der Waals surface area contributed by atoms with Gasteiger partial charge in [-0.15, -0.1) is 0 Å². The zero-order valence-electron chi connectivity index (χ0n) is 31.9. The third-order valence-electron chi connectivity index (χ3n) is 11.7. The Morgan fingerprint density at radius 3 is 2.36 bits per heavy atom. The molecular formula is C40H53N7O8. The fourth-order valence-corrected chi connectivity index (χ4v) is 8.60. The first kappa shape index (κ1) is 38.4. The zero-order chi connectivity index (χ0) is 38.5. The number of hydrogen-bond donors (Lipinski definition) is 2. The highest BCUT2D eigenvalue weighted by molar-refractivity contribution is 5.91. The number of oxazole rings is 1. The number of aromatic nitrogens is 1. The summed E-state index contributed by atoms with van der Waals surface area (Å²) < 4.78 is 16.5. The number of likely N-dealkylation sites (tertiary alicyclic amines) is 2. The Labute approximate surface area is 320 Å². The highest BCUT2D eigenvalue weighted by Gasteiger charge is 2.36. The lowest BCUT2D eigenvalue weighted by molar-refractivity contribution is -0.144. The van der Waals surface area contributed by atoms with Crippen LogP contribution in [-0.4, -0.2) is 144 Å². The number of rotatable bonds is 10. The maximum absolute atomic E-state index is 14.2. The minimum absolute atomic E-state index is 0.0189. The van der Waals surface area contributed by atoms with E-state index in [0.29, 0.717) is 82.3 Å². The van der Waals surface area contributed by atoms with Gasteiger partial charge in [-0.2, -0.15) is 0 Å². The summed E-state index contributed by atoms with van der Waals surface area (Å²) in [5, 5.41) is 3.04. The molecule has 4 aliphatic heterocycles. The van der Waals surface area contributed by atoms with Crippen molar-refractivity contribution in [2.75, 3.05) is 77.4 Å². The van der Waals surface area contributed by atoms with Crippen molar-refractivity contribution in [3.8, 4) is 0 Å². The molecule has 2 aromatic carbocycles. The Morgan fingerprint density at radius 2 is 1.62 bits per heavy atom. The fraction of sp³-hybridized carbons (Fsp3) is 0.575. The number of aryl methyl sites for hydroxylation is 1. The second-order valence-corrected chi connectivity index (χ2v) is 15.1. The normalized spacial score (nSPS) is 19.8. The number of H-pyrrole nitrogens is 1. The summed E-state index contributed by atoms with van der Waals surface area (Å²) in [7, 11) is 0. The van der Waals surface area contributed by atoms with Gasteiger partial charge < -0.3 is 38.8 Å². The van der Waals surface area contributed by atoms with Crippen molar-refractivity contribution in [3.05, 3.63) is 63.6 Å². The summed E-state index contributed by atoms with van der Waals surface area (Å²) in [5.41, 5.74) is 4.44. The Bertz CT molecular complexity index is 1900. The van der Waals surface area contributed by atoms with E-state index in [4.69, 9.17) is 13.9 Å². The second kappa shape index (κ2) is 17.3. The van der Waals surface area contributed by atoms with Crippen molar-refractivity contribution in [1.29, 1.82) is 0 Å². The number of nitrogens with one attached hydrogen (secondary N) is 2. The molecule has 0 saturated carbocycles. The molecule has 3 fully saturated rings. The molecule has 15 heteroatoms. The van der Waals surface area contributed by atoms with Crippen LogP contribution in [0, 0.1) is 6.92 Å². The summed E-state index contributed by atoms with van der Waals surface area (Å²) >= 11 is 0. The molecule has 0 aliphatic carbocycles.